The van der Waals surface area contributed by atoms with E-state index in [0.29, 0.717) is 5.56 Å². The van der Waals surface area contributed by atoms with Crippen molar-refractivity contribution < 1.29 is 9.53 Å². The Morgan fingerprint density at radius 1 is 1.54 bits per heavy atom. The number of hydrogen-bond acceptors (Lipinski definition) is 3. The topological polar surface area (TPSA) is 38.3 Å². The lowest BCUT2D eigenvalue weighted by Crippen LogP contribution is -2.00. The maximum absolute atomic E-state index is 10.6. The summed E-state index contributed by atoms with van der Waals surface area (Å²) in [5, 5.41) is 3.09. The van der Waals surface area contributed by atoms with Crippen LogP contribution in [0.3, 0.4) is 0 Å². The zero-order chi connectivity index (χ0) is 9.68. The van der Waals surface area contributed by atoms with E-state index in [1.54, 1.807) is 19.2 Å². The molecule has 13 heavy (non-hydrogen) atoms. The van der Waals surface area contributed by atoms with Crippen LogP contribution in [0.2, 0.25) is 0 Å². The summed E-state index contributed by atoms with van der Waals surface area (Å²) >= 11 is 0. The summed E-state index contributed by atoms with van der Waals surface area (Å²) in [5.74, 6) is 0.751. The Labute approximate surface area is 77.7 Å². The van der Waals surface area contributed by atoms with Crippen LogP contribution in [0, 0.1) is 0 Å². The number of anilines is 1. The molecule has 0 saturated carbocycles. The average molecular weight is 179 g/mol. The predicted octanol–water partition coefficient (Wildman–Crippen LogP) is 1.94. The number of rotatable bonds is 4. The Kier molecular flexibility index (Phi) is 3.31. The molecular formula is C10H13NO2. The summed E-state index contributed by atoms with van der Waals surface area (Å²) in [6.07, 6.45) is 0.831. The number of aldehydes is 1. The molecule has 0 aliphatic rings. The molecule has 3 heteroatoms. The molecule has 0 saturated heterocycles. The molecule has 0 aliphatic heterocycles. The maximum atomic E-state index is 10.6. The van der Waals surface area contributed by atoms with E-state index in [2.05, 4.69) is 5.32 Å². The molecule has 0 aliphatic carbocycles. The van der Waals surface area contributed by atoms with Crippen molar-refractivity contribution in [1.82, 2.24) is 0 Å². The standard InChI is InChI=1S/C10H13NO2/c1-3-11-10-6-9(13-2)5-4-8(10)7-12/h4-7,11H,3H2,1-2H3. The van der Waals surface area contributed by atoms with Crippen molar-refractivity contribution in [2.24, 2.45) is 0 Å². The minimum atomic E-state index is 0.655. The van der Waals surface area contributed by atoms with Crippen molar-refractivity contribution in [2.75, 3.05) is 19.0 Å². The molecule has 1 N–H and O–H groups in total. The molecule has 0 spiro atoms. The first-order valence-corrected chi connectivity index (χ1v) is 4.19. The molecule has 3 nitrogen and oxygen atoms in total. The number of nitrogens with one attached hydrogen (secondary N) is 1. The van der Waals surface area contributed by atoms with E-state index in [1.165, 1.54) is 0 Å². The van der Waals surface area contributed by atoms with Gasteiger partial charge in [0.25, 0.3) is 0 Å². The third-order valence-electron chi connectivity index (χ3n) is 1.75. The fourth-order valence-electron chi connectivity index (χ4n) is 1.11. The average Bonchev–Trinajstić information content (AvgIpc) is 2.18. The molecule has 0 atom stereocenters. The molecule has 70 valence electrons. The van der Waals surface area contributed by atoms with Gasteiger partial charge in [-0.25, -0.2) is 0 Å². The van der Waals surface area contributed by atoms with Crippen LogP contribution in [0.1, 0.15) is 17.3 Å². The Hall–Kier alpha value is -1.51. The van der Waals surface area contributed by atoms with Crippen LogP contribution in [0.5, 0.6) is 5.75 Å². The maximum Gasteiger partial charge on any atom is 0.152 e. The van der Waals surface area contributed by atoms with Crippen molar-refractivity contribution >= 4 is 12.0 Å². The molecule has 0 bridgehead atoms. The molecule has 0 unspecified atom stereocenters. The number of benzene rings is 1. The second kappa shape index (κ2) is 4.50. The quantitative estimate of drug-likeness (QED) is 0.718. The van der Waals surface area contributed by atoms with Crippen LogP contribution in [0.15, 0.2) is 18.2 Å². The first-order valence-electron chi connectivity index (χ1n) is 4.19. The van der Waals surface area contributed by atoms with Crippen molar-refractivity contribution in [3.63, 3.8) is 0 Å². The van der Waals surface area contributed by atoms with Gasteiger partial charge in [0.2, 0.25) is 0 Å². The molecule has 1 rings (SSSR count). The van der Waals surface area contributed by atoms with Gasteiger partial charge in [-0.05, 0) is 19.1 Å². The van der Waals surface area contributed by atoms with Gasteiger partial charge in [-0.3, -0.25) is 4.79 Å². The predicted molar refractivity (Wildman–Crippen MR) is 52.5 cm³/mol. The van der Waals surface area contributed by atoms with Crippen molar-refractivity contribution in [3.8, 4) is 5.75 Å². The highest BCUT2D eigenvalue weighted by Crippen LogP contribution is 2.20. The Balaban J connectivity index is 3.02. The fourth-order valence-corrected chi connectivity index (χ4v) is 1.11. The SMILES string of the molecule is CCNc1cc(OC)ccc1C=O. The highest BCUT2D eigenvalue weighted by Gasteiger charge is 2.01. The van der Waals surface area contributed by atoms with Crippen molar-refractivity contribution in [1.29, 1.82) is 0 Å². The summed E-state index contributed by atoms with van der Waals surface area (Å²) in [6, 6.07) is 5.32. The van der Waals surface area contributed by atoms with E-state index in [0.717, 1.165) is 24.3 Å². The lowest BCUT2D eigenvalue weighted by molar-refractivity contribution is 0.112. The molecule has 0 fully saturated rings. The van der Waals surface area contributed by atoms with E-state index in [4.69, 9.17) is 4.74 Å². The number of ether oxygens (including phenoxy) is 1. The number of hydrogen-bond donors (Lipinski definition) is 1. The van der Waals surface area contributed by atoms with Crippen LogP contribution in [0.25, 0.3) is 0 Å². The minimum absolute atomic E-state index is 0.655. The highest BCUT2D eigenvalue weighted by atomic mass is 16.5. The van der Waals surface area contributed by atoms with Gasteiger partial charge in [0.1, 0.15) is 5.75 Å². The van der Waals surface area contributed by atoms with Gasteiger partial charge in [-0.1, -0.05) is 0 Å². The molecule has 0 heterocycles. The van der Waals surface area contributed by atoms with Crippen molar-refractivity contribution in [2.45, 2.75) is 6.92 Å². The van der Waals surface area contributed by atoms with Crippen LogP contribution < -0.4 is 10.1 Å². The van der Waals surface area contributed by atoms with Crippen LogP contribution >= 0.6 is 0 Å². The van der Waals surface area contributed by atoms with E-state index < -0.39 is 0 Å². The zero-order valence-electron chi connectivity index (χ0n) is 7.83. The molecule has 1 aromatic rings. The Morgan fingerprint density at radius 3 is 2.85 bits per heavy atom. The van der Waals surface area contributed by atoms with E-state index in [1.807, 2.05) is 13.0 Å². The van der Waals surface area contributed by atoms with Crippen LogP contribution in [-0.4, -0.2) is 19.9 Å². The summed E-state index contributed by atoms with van der Waals surface area (Å²) in [4.78, 5) is 10.6. The highest BCUT2D eigenvalue weighted by molar-refractivity contribution is 5.84. The lowest BCUT2D eigenvalue weighted by Gasteiger charge is -2.08. The second-order valence-corrected chi connectivity index (χ2v) is 2.60. The summed E-state index contributed by atoms with van der Waals surface area (Å²) in [6.45, 7) is 2.77. The van der Waals surface area contributed by atoms with Gasteiger partial charge in [-0.2, -0.15) is 0 Å². The van der Waals surface area contributed by atoms with Crippen LogP contribution in [0.4, 0.5) is 5.69 Å². The Bertz CT molecular complexity index is 297. The Morgan fingerprint density at radius 2 is 2.31 bits per heavy atom. The number of methoxy groups -OCH3 is 1. The van der Waals surface area contributed by atoms with Crippen molar-refractivity contribution in [3.05, 3.63) is 23.8 Å². The second-order valence-electron chi connectivity index (χ2n) is 2.60. The fraction of sp³-hybridized carbons (Fsp3) is 0.300. The van der Waals surface area contributed by atoms with E-state index in [9.17, 15) is 4.79 Å². The number of carbonyl (C=O) groups is 1. The van der Waals surface area contributed by atoms with E-state index >= 15 is 0 Å². The smallest absolute Gasteiger partial charge is 0.152 e. The minimum Gasteiger partial charge on any atom is -0.497 e. The van der Waals surface area contributed by atoms with Crippen LogP contribution in [-0.2, 0) is 0 Å². The van der Waals surface area contributed by atoms with Gasteiger partial charge in [-0.15, -0.1) is 0 Å². The number of carbonyl (C=O) groups excluding carboxylic acids is 1. The summed E-state index contributed by atoms with van der Waals surface area (Å²) in [5.41, 5.74) is 1.47. The van der Waals surface area contributed by atoms with Gasteiger partial charge >= 0.3 is 0 Å². The summed E-state index contributed by atoms with van der Waals surface area (Å²) in [7, 11) is 1.60. The van der Waals surface area contributed by atoms with E-state index in [-0.39, 0.29) is 0 Å². The summed E-state index contributed by atoms with van der Waals surface area (Å²) < 4.78 is 5.04. The molecule has 0 aromatic heterocycles. The van der Waals surface area contributed by atoms with Gasteiger partial charge < -0.3 is 10.1 Å². The molecule has 0 radical (unpaired) electrons. The third-order valence-corrected chi connectivity index (χ3v) is 1.75. The monoisotopic (exact) mass is 179 g/mol. The molecule has 0 amide bonds. The first kappa shape index (κ1) is 9.58. The molecular weight excluding hydrogens is 166 g/mol. The lowest BCUT2D eigenvalue weighted by atomic mass is 10.2. The first-order chi connectivity index (χ1) is 6.31. The van der Waals surface area contributed by atoms with Gasteiger partial charge in [0.15, 0.2) is 6.29 Å². The third kappa shape index (κ3) is 2.21. The largest absolute Gasteiger partial charge is 0.497 e. The normalized spacial score (nSPS) is 9.38. The van der Waals surface area contributed by atoms with Gasteiger partial charge in [0, 0.05) is 23.9 Å². The molecule has 1 aromatic carbocycles. The van der Waals surface area contributed by atoms with Gasteiger partial charge in [0.05, 0.1) is 7.11 Å². The zero-order valence-corrected chi connectivity index (χ0v) is 7.83.